The fraction of sp³-hybridized carbons (Fsp3) is 0.179. The average molecular weight is 506 g/mol. The van der Waals surface area contributed by atoms with Crippen molar-refractivity contribution >= 4 is 16.9 Å². The molecule has 1 aliphatic rings. The van der Waals surface area contributed by atoms with E-state index in [1.165, 1.54) is 17.8 Å². The molecule has 0 atom stereocenters. The van der Waals surface area contributed by atoms with Gasteiger partial charge >= 0.3 is 0 Å². The summed E-state index contributed by atoms with van der Waals surface area (Å²) in [5.74, 6) is 0.629. The van der Waals surface area contributed by atoms with Crippen molar-refractivity contribution in [2.24, 2.45) is 0 Å². The molecule has 38 heavy (non-hydrogen) atoms. The zero-order chi connectivity index (χ0) is 26.1. The average Bonchev–Trinajstić information content (AvgIpc) is 3.33. The van der Waals surface area contributed by atoms with Gasteiger partial charge in [0.15, 0.2) is 6.19 Å². The van der Waals surface area contributed by atoms with Crippen LogP contribution in [0.15, 0.2) is 73.2 Å². The largest absolute Gasteiger partial charge is 0.383 e. The van der Waals surface area contributed by atoms with Crippen LogP contribution in [0.4, 0.5) is 10.2 Å². The first-order valence-electron chi connectivity index (χ1n) is 12.3. The number of aromatic nitrogens is 5. The first-order valence-corrected chi connectivity index (χ1v) is 12.3. The number of anilines is 1. The predicted molar refractivity (Wildman–Crippen MR) is 142 cm³/mol. The number of hydrogen-bond acceptors (Lipinski definition) is 8. The standard InChI is InChI=1S/C28H24FN9/c29-20-5-8-23(33-15-20)24-14-26-25(16-34-24)35-28(22-2-1-9-32-27(22)31)38(26)21-6-3-19(4-7-21)17-36-10-12-37(18-30)13-11-36/h1-9,14-16H,10-13,17H2,(H2,31,32). The summed E-state index contributed by atoms with van der Waals surface area (Å²) in [6, 6.07) is 16.9. The molecular formula is C28H24FN9. The van der Waals surface area contributed by atoms with Crippen LogP contribution in [-0.4, -0.2) is 60.5 Å². The molecule has 0 amide bonds. The number of imidazole rings is 1. The highest BCUT2D eigenvalue weighted by Gasteiger charge is 2.19. The van der Waals surface area contributed by atoms with Crippen LogP contribution >= 0.6 is 0 Å². The zero-order valence-electron chi connectivity index (χ0n) is 20.5. The zero-order valence-corrected chi connectivity index (χ0v) is 20.5. The molecule has 0 aliphatic carbocycles. The summed E-state index contributed by atoms with van der Waals surface area (Å²) >= 11 is 0. The molecular weight excluding hydrogens is 481 g/mol. The van der Waals surface area contributed by atoms with Gasteiger partial charge in [0.1, 0.15) is 23.0 Å². The van der Waals surface area contributed by atoms with E-state index < -0.39 is 5.82 Å². The Morgan fingerprint density at radius 3 is 2.42 bits per heavy atom. The van der Waals surface area contributed by atoms with Gasteiger partial charge in [0.2, 0.25) is 0 Å². The predicted octanol–water partition coefficient (Wildman–Crippen LogP) is 3.86. The fourth-order valence-electron chi connectivity index (χ4n) is 4.71. The molecule has 0 bridgehead atoms. The first-order chi connectivity index (χ1) is 18.6. The number of hydrogen-bond donors (Lipinski definition) is 1. The normalized spacial score (nSPS) is 14.1. The molecule has 9 nitrogen and oxygen atoms in total. The van der Waals surface area contributed by atoms with Crippen molar-refractivity contribution in [1.82, 2.24) is 34.3 Å². The van der Waals surface area contributed by atoms with Crippen LogP contribution in [-0.2, 0) is 6.54 Å². The van der Waals surface area contributed by atoms with Gasteiger partial charge in [-0.3, -0.25) is 19.4 Å². The van der Waals surface area contributed by atoms with Gasteiger partial charge in [-0.2, -0.15) is 5.26 Å². The molecule has 2 N–H and O–H groups in total. The van der Waals surface area contributed by atoms with Gasteiger partial charge < -0.3 is 10.6 Å². The van der Waals surface area contributed by atoms with E-state index in [-0.39, 0.29) is 0 Å². The molecule has 1 aromatic carbocycles. The van der Waals surface area contributed by atoms with Crippen molar-refractivity contribution in [2.75, 3.05) is 31.9 Å². The third kappa shape index (κ3) is 4.51. The van der Waals surface area contributed by atoms with E-state index in [0.29, 0.717) is 34.1 Å². The second kappa shape index (κ2) is 9.88. The monoisotopic (exact) mass is 505 g/mol. The maximum Gasteiger partial charge on any atom is 0.179 e. The van der Waals surface area contributed by atoms with E-state index >= 15 is 0 Å². The molecule has 1 aliphatic heterocycles. The van der Waals surface area contributed by atoms with Crippen molar-refractivity contribution in [2.45, 2.75) is 6.54 Å². The lowest BCUT2D eigenvalue weighted by Crippen LogP contribution is -2.43. The number of pyridine rings is 3. The molecule has 0 radical (unpaired) electrons. The quantitative estimate of drug-likeness (QED) is 0.358. The summed E-state index contributed by atoms with van der Waals surface area (Å²) in [5, 5.41) is 9.09. The summed E-state index contributed by atoms with van der Waals surface area (Å²) in [7, 11) is 0. The lowest BCUT2D eigenvalue weighted by atomic mass is 10.1. The number of nitrogen functional groups attached to an aromatic ring is 1. The highest BCUT2D eigenvalue weighted by atomic mass is 19.1. The van der Waals surface area contributed by atoms with Gasteiger partial charge in [-0.25, -0.2) is 14.4 Å². The Hall–Kier alpha value is -4.88. The molecule has 1 saturated heterocycles. The van der Waals surface area contributed by atoms with Gasteiger partial charge in [0.25, 0.3) is 0 Å². The Bertz CT molecular complexity index is 1630. The lowest BCUT2D eigenvalue weighted by Gasteiger charge is -2.31. The lowest BCUT2D eigenvalue weighted by molar-refractivity contribution is 0.167. The SMILES string of the molecule is N#CN1CCN(Cc2ccc(-n3c(-c4cccnc4N)nc4cnc(-c5ccc(F)cn5)cc43)cc2)CC1. The van der Waals surface area contributed by atoms with Crippen LogP contribution in [0.3, 0.4) is 0 Å². The van der Waals surface area contributed by atoms with Crippen LogP contribution in [0.1, 0.15) is 5.56 Å². The minimum Gasteiger partial charge on any atom is -0.383 e. The smallest absolute Gasteiger partial charge is 0.179 e. The molecule has 0 saturated carbocycles. The topological polar surface area (TPSA) is 113 Å². The van der Waals surface area contributed by atoms with E-state index in [0.717, 1.165) is 43.9 Å². The summed E-state index contributed by atoms with van der Waals surface area (Å²) < 4.78 is 15.5. The number of halogens is 1. The van der Waals surface area contributed by atoms with Crippen molar-refractivity contribution in [3.05, 3.63) is 84.6 Å². The highest BCUT2D eigenvalue weighted by Crippen LogP contribution is 2.32. The van der Waals surface area contributed by atoms with E-state index in [9.17, 15) is 4.39 Å². The number of fused-ring (bicyclic) bond motifs is 1. The summed E-state index contributed by atoms with van der Waals surface area (Å²) in [4.78, 5) is 22.0. The van der Waals surface area contributed by atoms with E-state index in [1.54, 1.807) is 23.4 Å². The molecule has 4 aromatic heterocycles. The molecule has 0 spiro atoms. The molecule has 188 valence electrons. The third-order valence-corrected chi connectivity index (χ3v) is 6.72. The molecule has 1 fully saturated rings. The Morgan fingerprint density at radius 1 is 0.921 bits per heavy atom. The van der Waals surface area contributed by atoms with Crippen molar-refractivity contribution in [1.29, 1.82) is 5.26 Å². The Balaban J connectivity index is 1.41. The van der Waals surface area contributed by atoms with Crippen molar-refractivity contribution < 1.29 is 4.39 Å². The minimum absolute atomic E-state index is 0.380. The second-order valence-corrected chi connectivity index (χ2v) is 9.16. The first kappa shape index (κ1) is 23.5. The van der Waals surface area contributed by atoms with Crippen LogP contribution in [0.5, 0.6) is 0 Å². The Labute approximate surface area is 218 Å². The van der Waals surface area contributed by atoms with Crippen LogP contribution < -0.4 is 5.73 Å². The fourth-order valence-corrected chi connectivity index (χ4v) is 4.71. The molecule has 5 aromatic rings. The molecule has 6 rings (SSSR count). The third-order valence-electron chi connectivity index (χ3n) is 6.72. The number of rotatable bonds is 5. The summed E-state index contributed by atoms with van der Waals surface area (Å²) in [6.45, 7) is 4.05. The van der Waals surface area contributed by atoms with Crippen LogP contribution in [0.25, 0.3) is 39.5 Å². The minimum atomic E-state index is -0.402. The molecule has 10 heteroatoms. The number of piperazine rings is 1. The van der Waals surface area contributed by atoms with Crippen LogP contribution in [0.2, 0.25) is 0 Å². The summed E-state index contributed by atoms with van der Waals surface area (Å²) in [5.41, 5.74) is 11.7. The maximum atomic E-state index is 13.5. The van der Waals surface area contributed by atoms with E-state index in [4.69, 9.17) is 16.0 Å². The van der Waals surface area contributed by atoms with E-state index in [1.807, 2.05) is 22.8 Å². The van der Waals surface area contributed by atoms with Gasteiger partial charge in [0.05, 0.1) is 34.9 Å². The number of benzene rings is 1. The Kier molecular flexibility index (Phi) is 6.11. The number of nitrogens with zero attached hydrogens (tertiary/aromatic N) is 8. The number of nitrogens with two attached hydrogens (primary N) is 1. The van der Waals surface area contributed by atoms with Gasteiger partial charge in [-0.1, -0.05) is 12.1 Å². The van der Waals surface area contributed by atoms with Gasteiger partial charge in [-0.05, 0) is 48.0 Å². The van der Waals surface area contributed by atoms with Gasteiger partial charge in [-0.15, -0.1) is 0 Å². The second-order valence-electron chi connectivity index (χ2n) is 9.16. The van der Waals surface area contributed by atoms with Gasteiger partial charge in [0, 0.05) is 44.6 Å². The highest BCUT2D eigenvalue weighted by molar-refractivity contribution is 5.86. The molecule has 5 heterocycles. The van der Waals surface area contributed by atoms with Crippen molar-refractivity contribution in [3.8, 4) is 34.7 Å². The maximum absolute atomic E-state index is 13.5. The number of nitriles is 1. The Morgan fingerprint density at radius 2 is 1.71 bits per heavy atom. The van der Waals surface area contributed by atoms with Crippen LogP contribution in [0, 0.1) is 17.3 Å². The van der Waals surface area contributed by atoms with Crippen molar-refractivity contribution in [3.63, 3.8) is 0 Å². The van der Waals surface area contributed by atoms with E-state index in [2.05, 4.69) is 50.3 Å². The molecule has 0 unspecified atom stereocenters. The summed E-state index contributed by atoms with van der Waals surface area (Å²) in [6.07, 6.45) is 6.75.